The second-order valence-electron chi connectivity index (χ2n) is 6.87. The van der Waals surface area contributed by atoms with Crippen LogP contribution in [0.5, 0.6) is 5.75 Å². The smallest absolute Gasteiger partial charge is 0.410 e. The number of aromatic amines is 1. The van der Waals surface area contributed by atoms with E-state index in [0.717, 1.165) is 22.9 Å². The minimum Gasteiger partial charge on any atom is -0.497 e. The van der Waals surface area contributed by atoms with Gasteiger partial charge in [-0.25, -0.2) is 4.79 Å². The first-order valence-corrected chi connectivity index (χ1v) is 9.34. The molecule has 4 rings (SSSR count). The van der Waals surface area contributed by atoms with Crippen LogP contribution < -0.4 is 4.74 Å². The molecule has 144 valence electrons. The van der Waals surface area contributed by atoms with Crippen molar-refractivity contribution < 1.29 is 19.1 Å². The van der Waals surface area contributed by atoms with E-state index in [9.17, 15) is 9.59 Å². The van der Waals surface area contributed by atoms with Crippen LogP contribution in [0.1, 0.15) is 28.8 Å². The molecule has 6 nitrogen and oxygen atoms in total. The second kappa shape index (κ2) is 7.76. The molecule has 1 saturated heterocycles. The molecule has 1 unspecified atom stereocenters. The predicted octanol–water partition coefficient (Wildman–Crippen LogP) is 4.16. The van der Waals surface area contributed by atoms with Crippen molar-refractivity contribution in [3.8, 4) is 5.75 Å². The van der Waals surface area contributed by atoms with E-state index in [1.165, 1.54) is 0 Å². The van der Waals surface area contributed by atoms with E-state index in [1.807, 2.05) is 48.5 Å². The van der Waals surface area contributed by atoms with Crippen molar-refractivity contribution >= 4 is 22.8 Å². The molecule has 1 fully saturated rings. The van der Waals surface area contributed by atoms with E-state index in [1.54, 1.807) is 18.2 Å². The fourth-order valence-corrected chi connectivity index (χ4v) is 3.67. The standard InChI is InChI=1S/C22H22N2O4/c1-27-16-9-10-19-17(12-16)18(13-23-19)21(25)20-8-5-11-24(20)22(26)28-14-15-6-3-2-4-7-15/h2-4,6-7,9-10,12-13,20,23H,5,8,11,14H2,1H3. The minimum atomic E-state index is -0.506. The summed E-state index contributed by atoms with van der Waals surface area (Å²) >= 11 is 0. The van der Waals surface area contributed by atoms with Crippen molar-refractivity contribution in [2.24, 2.45) is 0 Å². The molecule has 3 aromatic rings. The molecule has 1 N–H and O–H groups in total. The topological polar surface area (TPSA) is 71.6 Å². The van der Waals surface area contributed by atoms with Crippen LogP contribution in [0.15, 0.2) is 54.7 Å². The molecule has 2 heterocycles. The molecule has 1 aromatic heterocycles. The number of carbonyl (C=O) groups excluding carboxylic acids is 2. The summed E-state index contributed by atoms with van der Waals surface area (Å²) in [6.07, 6.45) is 2.67. The highest BCUT2D eigenvalue weighted by molar-refractivity contribution is 6.11. The first-order valence-electron chi connectivity index (χ1n) is 9.34. The third-order valence-electron chi connectivity index (χ3n) is 5.15. The molecule has 6 heteroatoms. The van der Waals surface area contributed by atoms with Crippen molar-refractivity contribution in [2.75, 3.05) is 13.7 Å². The van der Waals surface area contributed by atoms with Gasteiger partial charge in [0.25, 0.3) is 0 Å². The van der Waals surface area contributed by atoms with Crippen molar-refractivity contribution in [2.45, 2.75) is 25.5 Å². The number of Topliss-reactive ketones (excluding diaryl/α,β-unsaturated/α-hetero) is 1. The normalized spacial score (nSPS) is 16.3. The average molecular weight is 378 g/mol. The van der Waals surface area contributed by atoms with Gasteiger partial charge in [0.2, 0.25) is 0 Å². The molecule has 1 atom stereocenters. The van der Waals surface area contributed by atoms with Gasteiger partial charge in [0.1, 0.15) is 12.4 Å². The number of fused-ring (bicyclic) bond motifs is 1. The molecule has 2 aromatic carbocycles. The molecule has 0 bridgehead atoms. The van der Waals surface area contributed by atoms with Crippen LogP contribution in [-0.4, -0.2) is 41.5 Å². The molecule has 0 radical (unpaired) electrons. The first-order chi connectivity index (χ1) is 13.7. The van der Waals surface area contributed by atoms with Gasteiger partial charge in [-0.3, -0.25) is 9.69 Å². The maximum Gasteiger partial charge on any atom is 0.410 e. The Kier molecular flexibility index (Phi) is 5.02. The lowest BCUT2D eigenvalue weighted by Gasteiger charge is -2.23. The van der Waals surface area contributed by atoms with Crippen LogP contribution in [0.2, 0.25) is 0 Å². The highest BCUT2D eigenvalue weighted by atomic mass is 16.6. The van der Waals surface area contributed by atoms with E-state index in [0.29, 0.717) is 24.3 Å². The van der Waals surface area contributed by atoms with Crippen molar-refractivity contribution in [3.05, 3.63) is 65.9 Å². The zero-order chi connectivity index (χ0) is 19.5. The van der Waals surface area contributed by atoms with Crippen molar-refractivity contribution in [1.82, 2.24) is 9.88 Å². The Balaban J connectivity index is 1.51. The summed E-state index contributed by atoms with van der Waals surface area (Å²) < 4.78 is 10.7. The Morgan fingerprint density at radius 1 is 1.18 bits per heavy atom. The number of rotatable bonds is 5. The Hall–Kier alpha value is -3.28. The largest absolute Gasteiger partial charge is 0.497 e. The Morgan fingerprint density at radius 2 is 2.00 bits per heavy atom. The van der Waals surface area contributed by atoms with Gasteiger partial charge in [-0.1, -0.05) is 30.3 Å². The number of ketones is 1. The number of hydrogen-bond acceptors (Lipinski definition) is 4. The average Bonchev–Trinajstić information content (AvgIpc) is 3.39. The third kappa shape index (κ3) is 3.45. The van der Waals surface area contributed by atoms with Crippen molar-refractivity contribution in [1.29, 1.82) is 0 Å². The molecule has 28 heavy (non-hydrogen) atoms. The fourth-order valence-electron chi connectivity index (χ4n) is 3.67. The lowest BCUT2D eigenvalue weighted by atomic mass is 10.0. The maximum absolute atomic E-state index is 13.2. The van der Waals surface area contributed by atoms with E-state index in [-0.39, 0.29) is 12.4 Å². The summed E-state index contributed by atoms with van der Waals surface area (Å²) in [4.78, 5) is 30.5. The Labute approximate surface area is 163 Å². The molecular formula is C22H22N2O4. The minimum absolute atomic E-state index is 0.0753. The van der Waals surface area contributed by atoms with Gasteiger partial charge in [0.15, 0.2) is 5.78 Å². The highest BCUT2D eigenvalue weighted by Crippen LogP contribution is 2.28. The molecule has 0 saturated carbocycles. The van der Waals surface area contributed by atoms with Crippen LogP contribution in [0.4, 0.5) is 4.79 Å². The lowest BCUT2D eigenvalue weighted by molar-refractivity contribution is 0.0739. The zero-order valence-corrected chi connectivity index (χ0v) is 15.7. The fraction of sp³-hybridized carbons (Fsp3) is 0.273. The number of carbonyl (C=O) groups is 2. The van der Waals surface area contributed by atoms with E-state index >= 15 is 0 Å². The number of H-pyrrole nitrogens is 1. The summed E-state index contributed by atoms with van der Waals surface area (Å²) in [5.41, 5.74) is 2.35. The number of nitrogens with zero attached hydrogens (tertiary/aromatic N) is 1. The quantitative estimate of drug-likeness (QED) is 0.677. The Morgan fingerprint density at radius 3 is 2.79 bits per heavy atom. The molecule has 0 spiro atoms. The summed E-state index contributed by atoms with van der Waals surface area (Å²) in [7, 11) is 1.59. The van der Waals surface area contributed by atoms with Gasteiger partial charge < -0.3 is 14.5 Å². The predicted molar refractivity (Wildman–Crippen MR) is 106 cm³/mol. The van der Waals surface area contributed by atoms with Gasteiger partial charge >= 0.3 is 6.09 Å². The summed E-state index contributed by atoms with van der Waals surface area (Å²) in [6.45, 7) is 0.719. The summed E-state index contributed by atoms with van der Waals surface area (Å²) in [5, 5.41) is 0.800. The third-order valence-corrected chi connectivity index (χ3v) is 5.15. The molecule has 0 aliphatic carbocycles. The number of aromatic nitrogens is 1. The van der Waals surface area contributed by atoms with Gasteiger partial charge in [-0.05, 0) is 36.6 Å². The van der Waals surface area contributed by atoms with Crippen LogP contribution >= 0.6 is 0 Å². The lowest BCUT2D eigenvalue weighted by Crippen LogP contribution is -2.40. The number of likely N-dealkylation sites (tertiary alicyclic amines) is 1. The molecular weight excluding hydrogens is 356 g/mol. The van der Waals surface area contributed by atoms with Crippen LogP contribution in [0.25, 0.3) is 10.9 Å². The SMILES string of the molecule is COc1ccc2[nH]cc(C(=O)C3CCCN3C(=O)OCc3ccccc3)c2c1. The van der Waals surface area contributed by atoms with Crippen LogP contribution in [0.3, 0.4) is 0 Å². The maximum atomic E-state index is 13.2. The highest BCUT2D eigenvalue weighted by Gasteiger charge is 2.36. The van der Waals surface area contributed by atoms with E-state index < -0.39 is 12.1 Å². The number of benzene rings is 2. The molecule has 1 aliphatic heterocycles. The number of nitrogens with one attached hydrogen (secondary N) is 1. The van der Waals surface area contributed by atoms with Crippen molar-refractivity contribution in [3.63, 3.8) is 0 Å². The van der Waals surface area contributed by atoms with Gasteiger partial charge in [-0.15, -0.1) is 0 Å². The molecule has 1 amide bonds. The van der Waals surface area contributed by atoms with Gasteiger partial charge in [-0.2, -0.15) is 0 Å². The number of amides is 1. The summed E-state index contributed by atoms with van der Waals surface area (Å²) in [6, 6.07) is 14.6. The van der Waals surface area contributed by atoms with Gasteiger partial charge in [0, 0.05) is 29.2 Å². The number of ether oxygens (including phenoxy) is 2. The van der Waals surface area contributed by atoms with Gasteiger partial charge in [0.05, 0.1) is 13.2 Å². The monoisotopic (exact) mass is 378 g/mol. The Bertz CT molecular complexity index is 996. The number of hydrogen-bond donors (Lipinski definition) is 1. The summed E-state index contributed by atoms with van der Waals surface area (Å²) in [5.74, 6) is 0.611. The zero-order valence-electron chi connectivity index (χ0n) is 15.7. The van der Waals surface area contributed by atoms with Crippen LogP contribution in [0, 0.1) is 0 Å². The first kappa shape index (κ1) is 18.1. The molecule has 1 aliphatic rings. The van der Waals surface area contributed by atoms with E-state index in [2.05, 4.69) is 4.98 Å². The second-order valence-corrected chi connectivity index (χ2v) is 6.87. The van der Waals surface area contributed by atoms with Crippen LogP contribution in [-0.2, 0) is 11.3 Å². The van der Waals surface area contributed by atoms with E-state index in [4.69, 9.17) is 9.47 Å². The number of methoxy groups -OCH3 is 1.